The lowest BCUT2D eigenvalue weighted by molar-refractivity contribution is -0.274. The molecular weight excluding hydrogens is 259 g/mol. The van der Waals surface area contributed by atoms with Gasteiger partial charge in [0.25, 0.3) is 0 Å². The molecule has 1 aromatic rings. The summed E-state index contributed by atoms with van der Waals surface area (Å²) in [6.07, 6.45) is -3.45. The predicted octanol–water partition coefficient (Wildman–Crippen LogP) is 3.14. The fraction of sp³-hybridized carbons (Fsp3) is 0.462. The van der Waals surface area contributed by atoms with Crippen molar-refractivity contribution in [1.82, 2.24) is 0 Å². The first kappa shape index (κ1) is 15.5. The molecule has 1 rings (SSSR count). The van der Waals surface area contributed by atoms with E-state index in [0.29, 0.717) is 19.4 Å². The number of alkyl halides is 3. The highest BCUT2D eigenvalue weighted by Crippen LogP contribution is 2.24. The van der Waals surface area contributed by atoms with Crippen molar-refractivity contribution < 1.29 is 22.7 Å². The second-order valence-corrected chi connectivity index (χ2v) is 4.27. The van der Waals surface area contributed by atoms with Gasteiger partial charge in [-0.1, -0.05) is 19.1 Å². The lowest BCUT2D eigenvalue weighted by atomic mass is 9.95. The van der Waals surface area contributed by atoms with Crippen LogP contribution in [0, 0.1) is 5.92 Å². The lowest BCUT2D eigenvalue weighted by Gasteiger charge is -2.12. The Morgan fingerprint density at radius 3 is 2.68 bits per heavy atom. The van der Waals surface area contributed by atoms with E-state index in [0.717, 1.165) is 12.1 Å². The molecule has 1 unspecified atom stereocenters. The molecule has 0 spiro atoms. The maximum absolute atomic E-state index is 12.1. The van der Waals surface area contributed by atoms with Crippen molar-refractivity contribution in [3.05, 3.63) is 29.8 Å². The minimum Gasteiger partial charge on any atom is -0.406 e. The predicted molar refractivity (Wildman–Crippen MR) is 64.9 cm³/mol. The summed E-state index contributed by atoms with van der Waals surface area (Å²) in [5.74, 6) is -0.866. The third-order valence-electron chi connectivity index (χ3n) is 2.64. The Bertz CT molecular complexity index is 432. The molecule has 6 heteroatoms. The largest absolute Gasteiger partial charge is 0.573 e. The molecule has 0 bridgehead atoms. The van der Waals surface area contributed by atoms with Crippen LogP contribution in [0.3, 0.4) is 0 Å². The summed E-state index contributed by atoms with van der Waals surface area (Å²) in [5.41, 5.74) is 5.57. The van der Waals surface area contributed by atoms with E-state index in [1.807, 2.05) is 0 Å². The summed E-state index contributed by atoms with van der Waals surface area (Å²) in [5, 5.41) is 0. The highest BCUT2D eigenvalue weighted by molar-refractivity contribution is 5.97. The number of hydrogen-bond donors (Lipinski definition) is 1. The normalized spacial score (nSPS) is 13.1. The maximum atomic E-state index is 12.1. The minimum atomic E-state index is -4.76. The van der Waals surface area contributed by atoms with E-state index in [2.05, 4.69) is 4.74 Å². The Balaban J connectivity index is 2.78. The molecule has 0 amide bonds. The van der Waals surface area contributed by atoms with Gasteiger partial charge in [0.15, 0.2) is 5.78 Å². The van der Waals surface area contributed by atoms with E-state index < -0.39 is 6.36 Å². The lowest BCUT2D eigenvalue weighted by Crippen LogP contribution is -2.18. The molecule has 3 nitrogen and oxygen atoms in total. The molecule has 0 saturated heterocycles. The molecule has 0 heterocycles. The van der Waals surface area contributed by atoms with Crippen molar-refractivity contribution in [2.24, 2.45) is 11.7 Å². The van der Waals surface area contributed by atoms with Crippen LogP contribution in [0.4, 0.5) is 13.2 Å². The van der Waals surface area contributed by atoms with Crippen molar-refractivity contribution in [1.29, 1.82) is 0 Å². The van der Waals surface area contributed by atoms with Gasteiger partial charge >= 0.3 is 6.36 Å². The van der Waals surface area contributed by atoms with E-state index in [1.54, 1.807) is 6.92 Å². The Kier molecular flexibility index (Phi) is 5.35. The summed E-state index contributed by atoms with van der Waals surface area (Å²) in [6, 6.07) is 5.11. The average molecular weight is 275 g/mol. The number of carbonyl (C=O) groups is 1. The molecule has 1 atom stereocenters. The first-order chi connectivity index (χ1) is 8.83. The van der Waals surface area contributed by atoms with Crippen LogP contribution >= 0.6 is 0 Å². The van der Waals surface area contributed by atoms with Crippen molar-refractivity contribution in [2.75, 3.05) is 6.54 Å². The molecule has 0 radical (unpaired) electrons. The van der Waals surface area contributed by atoms with Crippen LogP contribution in [0.15, 0.2) is 24.3 Å². The zero-order chi connectivity index (χ0) is 14.5. The van der Waals surface area contributed by atoms with Crippen LogP contribution in [-0.2, 0) is 0 Å². The van der Waals surface area contributed by atoms with E-state index >= 15 is 0 Å². The smallest absolute Gasteiger partial charge is 0.406 e. The third kappa shape index (κ3) is 5.30. The molecule has 0 saturated carbocycles. The minimum absolute atomic E-state index is 0.207. The number of Topliss-reactive ketones (excluding diaryl/α,β-unsaturated/α-hetero) is 1. The number of hydrogen-bond acceptors (Lipinski definition) is 3. The summed E-state index contributed by atoms with van der Waals surface area (Å²) in [6.45, 7) is 2.21. The number of carbonyl (C=O) groups excluding carboxylic acids is 1. The Morgan fingerprint density at radius 2 is 2.11 bits per heavy atom. The SMILES string of the molecule is CC(CCCN)C(=O)c1cccc(OC(F)(F)F)c1. The van der Waals surface area contributed by atoms with Crippen LogP contribution < -0.4 is 10.5 Å². The van der Waals surface area contributed by atoms with Gasteiger partial charge in [-0.05, 0) is 31.5 Å². The first-order valence-electron chi connectivity index (χ1n) is 5.93. The van der Waals surface area contributed by atoms with Crippen LogP contribution in [0.1, 0.15) is 30.1 Å². The topological polar surface area (TPSA) is 52.3 Å². The van der Waals surface area contributed by atoms with Crippen LogP contribution in [0.5, 0.6) is 5.75 Å². The number of ketones is 1. The van der Waals surface area contributed by atoms with Crippen LogP contribution in [-0.4, -0.2) is 18.7 Å². The molecule has 106 valence electrons. The summed E-state index contributed by atoms with van der Waals surface area (Å²) < 4.78 is 40.0. The summed E-state index contributed by atoms with van der Waals surface area (Å²) >= 11 is 0. The van der Waals surface area contributed by atoms with Gasteiger partial charge in [-0.25, -0.2) is 0 Å². The highest BCUT2D eigenvalue weighted by atomic mass is 19.4. The summed E-state index contributed by atoms with van der Waals surface area (Å²) in [4.78, 5) is 12.0. The van der Waals surface area contributed by atoms with Gasteiger partial charge in [0.05, 0.1) is 0 Å². The second kappa shape index (κ2) is 6.56. The number of halogens is 3. The van der Waals surface area contributed by atoms with Crippen LogP contribution in [0.25, 0.3) is 0 Å². The van der Waals surface area contributed by atoms with Gasteiger partial charge in [0.2, 0.25) is 0 Å². The fourth-order valence-electron chi connectivity index (χ4n) is 1.69. The fourth-order valence-corrected chi connectivity index (χ4v) is 1.69. The van der Waals surface area contributed by atoms with Gasteiger partial charge in [0, 0.05) is 11.5 Å². The van der Waals surface area contributed by atoms with Crippen molar-refractivity contribution in [3.63, 3.8) is 0 Å². The molecule has 1 aromatic carbocycles. The molecule has 2 N–H and O–H groups in total. The van der Waals surface area contributed by atoms with E-state index in [1.165, 1.54) is 12.1 Å². The molecular formula is C13H16F3NO2. The van der Waals surface area contributed by atoms with E-state index in [9.17, 15) is 18.0 Å². The number of rotatable bonds is 6. The Morgan fingerprint density at radius 1 is 1.42 bits per heavy atom. The van der Waals surface area contributed by atoms with E-state index in [4.69, 9.17) is 5.73 Å². The summed E-state index contributed by atoms with van der Waals surface area (Å²) in [7, 11) is 0. The van der Waals surface area contributed by atoms with Gasteiger partial charge in [-0.2, -0.15) is 0 Å². The molecule has 0 fully saturated rings. The van der Waals surface area contributed by atoms with Gasteiger partial charge in [0.1, 0.15) is 5.75 Å². The zero-order valence-corrected chi connectivity index (χ0v) is 10.5. The van der Waals surface area contributed by atoms with Gasteiger partial charge in [-0.15, -0.1) is 13.2 Å². The van der Waals surface area contributed by atoms with Gasteiger partial charge in [-0.3, -0.25) is 4.79 Å². The van der Waals surface area contributed by atoms with Crippen molar-refractivity contribution in [2.45, 2.75) is 26.1 Å². The molecule has 0 aliphatic heterocycles. The first-order valence-corrected chi connectivity index (χ1v) is 5.93. The quantitative estimate of drug-likeness (QED) is 0.811. The molecule has 0 aromatic heterocycles. The van der Waals surface area contributed by atoms with Crippen molar-refractivity contribution >= 4 is 5.78 Å². The maximum Gasteiger partial charge on any atom is 0.573 e. The Hall–Kier alpha value is -1.56. The number of ether oxygens (including phenoxy) is 1. The van der Waals surface area contributed by atoms with Gasteiger partial charge < -0.3 is 10.5 Å². The molecule has 0 aliphatic rings. The zero-order valence-electron chi connectivity index (χ0n) is 10.5. The number of benzene rings is 1. The van der Waals surface area contributed by atoms with Crippen molar-refractivity contribution in [3.8, 4) is 5.75 Å². The van der Waals surface area contributed by atoms with E-state index in [-0.39, 0.29) is 23.0 Å². The third-order valence-corrected chi connectivity index (χ3v) is 2.64. The monoisotopic (exact) mass is 275 g/mol. The molecule has 19 heavy (non-hydrogen) atoms. The number of nitrogens with two attached hydrogens (primary N) is 1. The van der Waals surface area contributed by atoms with Crippen LogP contribution in [0.2, 0.25) is 0 Å². The highest BCUT2D eigenvalue weighted by Gasteiger charge is 2.31. The Labute approximate surface area is 109 Å². The average Bonchev–Trinajstić information content (AvgIpc) is 2.33. The second-order valence-electron chi connectivity index (χ2n) is 4.27. The standard InChI is InChI=1S/C13H16F3NO2/c1-9(4-3-7-17)12(18)10-5-2-6-11(8-10)19-13(14,15)16/h2,5-6,8-9H,3-4,7,17H2,1H3. The molecule has 0 aliphatic carbocycles.